The summed E-state index contributed by atoms with van der Waals surface area (Å²) >= 11 is 0. The number of pyridine rings is 1. The number of benzene rings is 2. The number of anilines is 3. The Balaban J connectivity index is 1.56. The van der Waals surface area contributed by atoms with Gasteiger partial charge in [-0.3, -0.25) is 4.79 Å². The highest BCUT2D eigenvalue weighted by Crippen LogP contribution is 2.27. The van der Waals surface area contributed by atoms with Crippen LogP contribution in [0.3, 0.4) is 0 Å². The molecule has 2 aromatic heterocycles. The molecule has 4 aromatic rings. The van der Waals surface area contributed by atoms with Gasteiger partial charge in [-0.1, -0.05) is 24.8 Å². The summed E-state index contributed by atoms with van der Waals surface area (Å²) in [5, 5.41) is 6.63. The Morgan fingerprint density at radius 3 is 2.48 bits per heavy atom. The van der Waals surface area contributed by atoms with Crippen LogP contribution in [-0.4, -0.2) is 20.9 Å². The number of ether oxygens (including phenoxy) is 1. The van der Waals surface area contributed by atoms with E-state index in [1.165, 1.54) is 12.4 Å². The summed E-state index contributed by atoms with van der Waals surface area (Å²) < 4.78 is 5.81. The maximum Gasteiger partial charge on any atom is 0.248 e. The van der Waals surface area contributed by atoms with Gasteiger partial charge in [-0.05, 0) is 48.5 Å². The van der Waals surface area contributed by atoms with Crippen LogP contribution in [0.15, 0.2) is 85.8 Å². The normalized spacial score (nSPS) is 10.3. The summed E-state index contributed by atoms with van der Waals surface area (Å²) in [6, 6.07) is 18.8. The van der Waals surface area contributed by atoms with Gasteiger partial charge in [0.25, 0.3) is 0 Å². The molecule has 0 atom stereocenters. The van der Waals surface area contributed by atoms with Gasteiger partial charge in [0.05, 0.1) is 11.7 Å². The second kappa shape index (κ2) is 8.18. The Labute approximate surface area is 167 Å². The number of carbonyl (C=O) groups is 1. The van der Waals surface area contributed by atoms with Gasteiger partial charge in [0.15, 0.2) is 0 Å². The highest BCUT2D eigenvalue weighted by molar-refractivity contribution is 6.00. The Kier molecular flexibility index (Phi) is 5.11. The molecule has 142 valence electrons. The van der Waals surface area contributed by atoms with Gasteiger partial charge in [-0.2, -0.15) is 0 Å². The summed E-state index contributed by atoms with van der Waals surface area (Å²) in [7, 11) is 0. The van der Waals surface area contributed by atoms with Crippen LogP contribution in [-0.2, 0) is 4.79 Å². The number of hydrogen-bond acceptors (Lipinski definition) is 6. The minimum atomic E-state index is -0.336. The molecule has 1 amide bonds. The number of aromatic nitrogens is 3. The molecule has 0 saturated carbocycles. The van der Waals surface area contributed by atoms with E-state index in [1.807, 2.05) is 54.6 Å². The van der Waals surface area contributed by atoms with Crippen LogP contribution in [0.1, 0.15) is 0 Å². The molecule has 7 heteroatoms. The van der Waals surface area contributed by atoms with Crippen molar-refractivity contribution in [3.63, 3.8) is 0 Å². The fourth-order valence-electron chi connectivity index (χ4n) is 2.67. The Hall–Kier alpha value is -4.26. The molecule has 0 radical (unpaired) electrons. The fourth-order valence-corrected chi connectivity index (χ4v) is 2.67. The average molecular weight is 383 g/mol. The maximum absolute atomic E-state index is 11.5. The average Bonchev–Trinajstić information content (AvgIpc) is 2.76. The molecule has 2 N–H and O–H groups in total. The van der Waals surface area contributed by atoms with Crippen molar-refractivity contribution < 1.29 is 9.53 Å². The fraction of sp³-hybridized carbons (Fsp3) is 0. The van der Waals surface area contributed by atoms with Crippen molar-refractivity contribution in [2.45, 2.75) is 0 Å². The maximum atomic E-state index is 11.5. The predicted octanol–water partition coefficient (Wildman–Crippen LogP) is 4.69. The van der Waals surface area contributed by atoms with Crippen molar-refractivity contribution in [2.75, 3.05) is 10.6 Å². The van der Waals surface area contributed by atoms with Gasteiger partial charge in [-0.25, -0.2) is 15.0 Å². The zero-order valence-electron chi connectivity index (χ0n) is 15.4. The highest BCUT2D eigenvalue weighted by Gasteiger charge is 2.08. The second-order valence-electron chi connectivity index (χ2n) is 6.07. The third-order valence-electron chi connectivity index (χ3n) is 4.05. The SMILES string of the molecule is C=CC(=O)Nc1cc2c(Nc3ccc(Oc4ccccc4)cc3)ncnc2cn1. The molecule has 0 aliphatic rings. The van der Waals surface area contributed by atoms with Crippen molar-refractivity contribution in [3.05, 3.63) is 85.8 Å². The number of nitrogens with zero attached hydrogens (tertiary/aromatic N) is 3. The van der Waals surface area contributed by atoms with Gasteiger partial charge in [-0.15, -0.1) is 0 Å². The summed E-state index contributed by atoms with van der Waals surface area (Å²) in [5.74, 6) is 2.16. The number of hydrogen-bond donors (Lipinski definition) is 2. The molecule has 0 aliphatic heterocycles. The van der Waals surface area contributed by atoms with Gasteiger partial charge in [0, 0.05) is 11.1 Å². The van der Waals surface area contributed by atoms with Crippen LogP contribution >= 0.6 is 0 Å². The van der Waals surface area contributed by atoms with Crippen molar-refractivity contribution in [3.8, 4) is 11.5 Å². The highest BCUT2D eigenvalue weighted by atomic mass is 16.5. The third-order valence-corrected chi connectivity index (χ3v) is 4.05. The molecular weight excluding hydrogens is 366 g/mol. The van der Waals surface area contributed by atoms with Crippen LogP contribution in [0.2, 0.25) is 0 Å². The van der Waals surface area contributed by atoms with Crippen LogP contribution in [0.25, 0.3) is 10.9 Å². The Morgan fingerprint density at radius 1 is 0.966 bits per heavy atom. The van der Waals surface area contributed by atoms with E-state index in [-0.39, 0.29) is 5.91 Å². The molecule has 29 heavy (non-hydrogen) atoms. The lowest BCUT2D eigenvalue weighted by atomic mass is 10.2. The smallest absolute Gasteiger partial charge is 0.248 e. The topological polar surface area (TPSA) is 89.0 Å². The van der Waals surface area contributed by atoms with E-state index in [9.17, 15) is 4.79 Å². The summed E-state index contributed by atoms with van der Waals surface area (Å²) in [5.41, 5.74) is 1.49. The lowest BCUT2D eigenvalue weighted by Crippen LogP contribution is -2.08. The molecule has 0 aliphatic carbocycles. The van der Waals surface area contributed by atoms with E-state index in [2.05, 4.69) is 32.2 Å². The number of para-hydroxylation sites is 1. The van der Waals surface area contributed by atoms with Crippen LogP contribution in [0, 0.1) is 0 Å². The van der Waals surface area contributed by atoms with E-state index in [4.69, 9.17) is 4.74 Å². The molecule has 2 aromatic carbocycles. The Morgan fingerprint density at radius 2 is 1.72 bits per heavy atom. The second-order valence-corrected chi connectivity index (χ2v) is 6.07. The molecule has 0 saturated heterocycles. The molecule has 0 fully saturated rings. The van der Waals surface area contributed by atoms with Gasteiger partial charge in [0.1, 0.15) is 29.5 Å². The predicted molar refractivity (Wildman–Crippen MR) is 112 cm³/mol. The van der Waals surface area contributed by atoms with Gasteiger partial charge in [0.2, 0.25) is 5.91 Å². The largest absolute Gasteiger partial charge is 0.457 e. The lowest BCUT2D eigenvalue weighted by molar-refractivity contribution is -0.111. The quantitative estimate of drug-likeness (QED) is 0.470. The summed E-state index contributed by atoms with van der Waals surface area (Å²) in [6.07, 6.45) is 4.23. The van der Waals surface area contributed by atoms with Gasteiger partial charge < -0.3 is 15.4 Å². The number of nitrogens with one attached hydrogen (secondary N) is 2. The molecule has 0 unspecified atom stereocenters. The van der Waals surface area contributed by atoms with E-state index in [0.29, 0.717) is 17.2 Å². The minimum Gasteiger partial charge on any atom is -0.457 e. The van der Waals surface area contributed by atoms with Crippen molar-refractivity contribution in [1.29, 1.82) is 0 Å². The molecule has 7 nitrogen and oxygen atoms in total. The molecule has 2 heterocycles. The van der Waals surface area contributed by atoms with Crippen LogP contribution in [0.4, 0.5) is 17.3 Å². The van der Waals surface area contributed by atoms with Crippen LogP contribution in [0.5, 0.6) is 11.5 Å². The zero-order chi connectivity index (χ0) is 20.1. The molecule has 0 spiro atoms. The first-order chi connectivity index (χ1) is 14.2. The van der Waals surface area contributed by atoms with Crippen molar-refractivity contribution >= 4 is 34.1 Å². The monoisotopic (exact) mass is 383 g/mol. The molecular formula is C22H17N5O2. The van der Waals surface area contributed by atoms with E-state index >= 15 is 0 Å². The first-order valence-corrected chi connectivity index (χ1v) is 8.85. The van der Waals surface area contributed by atoms with E-state index in [1.54, 1.807) is 12.3 Å². The van der Waals surface area contributed by atoms with Crippen molar-refractivity contribution in [1.82, 2.24) is 15.0 Å². The number of rotatable bonds is 6. The van der Waals surface area contributed by atoms with Crippen LogP contribution < -0.4 is 15.4 Å². The molecule has 0 bridgehead atoms. The summed E-state index contributed by atoms with van der Waals surface area (Å²) in [4.78, 5) is 24.2. The van der Waals surface area contributed by atoms with E-state index < -0.39 is 0 Å². The van der Waals surface area contributed by atoms with E-state index in [0.717, 1.165) is 22.6 Å². The Bertz CT molecular complexity index is 1160. The van der Waals surface area contributed by atoms with Gasteiger partial charge >= 0.3 is 0 Å². The number of carbonyl (C=O) groups excluding carboxylic acids is 1. The number of amides is 1. The summed E-state index contributed by atoms with van der Waals surface area (Å²) in [6.45, 7) is 3.44. The lowest BCUT2D eigenvalue weighted by Gasteiger charge is -2.10. The number of fused-ring (bicyclic) bond motifs is 1. The zero-order valence-corrected chi connectivity index (χ0v) is 15.4. The standard InChI is InChI=1S/C22H17N5O2/c1-2-21(28)27-20-12-18-19(13-23-20)24-14-25-22(18)26-15-8-10-17(11-9-15)29-16-6-4-3-5-7-16/h2-14H,1H2,(H,23,27,28)(H,24,25,26). The van der Waals surface area contributed by atoms with Crippen molar-refractivity contribution in [2.24, 2.45) is 0 Å². The minimum absolute atomic E-state index is 0.336. The molecule has 4 rings (SSSR count). The first kappa shape index (κ1) is 18.1. The first-order valence-electron chi connectivity index (χ1n) is 8.85. The third kappa shape index (κ3) is 4.36.